The number of amides is 2. The van der Waals surface area contributed by atoms with E-state index in [1.165, 1.54) is 11.8 Å². The van der Waals surface area contributed by atoms with Crippen molar-refractivity contribution in [3.8, 4) is 17.4 Å². The highest BCUT2D eigenvalue weighted by Gasteiger charge is 2.31. The molecule has 0 aliphatic carbocycles. The van der Waals surface area contributed by atoms with E-state index in [1.54, 1.807) is 18.2 Å². The number of aryl methyl sites for hydroxylation is 1. The monoisotopic (exact) mass is 785 g/mol. The van der Waals surface area contributed by atoms with Crippen molar-refractivity contribution >= 4 is 57.0 Å². The van der Waals surface area contributed by atoms with Crippen LogP contribution < -0.4 is 14.8 Å². The number of halogens is 5. The van der Waals surface area contributed by atoms with Crippen molar-refractivity contribution in [3.63, 3.8) is 0 Å². The minimum absolute atomic E-state index is 0. The molecule has 1 N–H and O–H groups in total. The predicted octanol–water partition coefficient (Wildman–Crippen LogP) is 8.61. The Hall–Kier alpha value is -4.59. The fraction of sp³-hybridized carbons (Fsp3) is 0.270. The summed E-state index contributed by atoms with van der Waals surface area (Å²) in [7, 11) is 1.85. The minimum Gasteiger partial charge on any atom is -0.491 e. The van der Waals surface area contributed by atoms with Crippen LogP contribution in [0.15, 0.2) is 85.1 Å². The number of fused-ring (bicyclic) bond motifs is 1. The molecule has 268 valence electrons. The number of alkyl halides is 3. The number of carbonyl (C=O) groups excluding carboxylic acids is 2. The van der Waals surface area contributed by atoms with Crippen LogP contribution in [0.2, 0.25) is 5.02 Å². The number of rotatable bonds is 9. The van der Waals surface area contributed by atoms with Crippen molar-refractivity contribution in [2.75, 3.05) is 31.5 Å². The fourth-order valence-electron chi connectivity index (χ4n) is 5.76. The van der Waals surface area contributed by atoms with Crippen molar-refractivity contribution in [1.29, 1.82) is 0 Å². The zero-order chi connectivity index (χ0) is 35.6. The zero-order valence-corrected chi connectivity index (χ0v) is 30.5. The molecule has 3 aromatic carbocycles. The van der Waals surface area contributed by atoms with Gasteiger partial charge in [0.25, 0.3) is 11.8 Å². The van der Waals surface area contributed by atoms with Gasteiger partial charge in [0.1, 0.15) is 17.2 Å². The molecular formula is C37H36BrClF3N5O4. The molecule has 51 heavy (non-hydrogen) atoms. The van der Waals surface area contributed by atoms with Gasteiger partial charge in [-0.2, -0.15) is 13.2 Å². The van der Waals surface area contributed by atoms with Gasteiger partial charge in [-0.15, -0.1) is 17.0 Å². The summed E-state index contributed by atoms with van der Waals surface area (Å²) in [6.45, 7) is 7.62. The van der Waals surface area contributed by atoms with Crippen molar-refractivity contribution in [2.45, 2.75) is 32.7 Å². The summed E-state index contributed by atoms with van der Waals surface area (Å²) >= 11 is 5.94. The molecule has 0 unspecified atom stereocenters. The van der Waals surface area contributed by atoms with E-state index in [2.05, 4.69) is 27.3 Å². The average Bonchev–Trinajstić information content (AvgIpc) is 3.41. The number of piperazine rings is 1. The summed E-state index contributed by atoms with van der Waals surface area (Å²) < 4.78 is 52.3. The van der Waals surface area contributed by atoms with E-state index in [-0.39, 0.29) is 45.5 Å². The van der Waals surface area contributed by atoms with Crippen LogP contribution in [0.25, 0.3) is 10.9 Å². The number of nitrogens with zero attached hydrogens (tertiary/aromatic N) is 4. The quantitative estimate of drug-likeness (QED) is 0.161. The van der Waals surface area contributed by atoms with Gasteiger partial charge in [0, 0.05) is 57.3 Å². The molecule has 0 saturated carbocycles. The normalized spacial score (nSPS) is 13.6. The minimum atomic E-state index is -4.57. The molecule has 0 bridgehead atoms. The molecule has 14 heteroatoms. The van der Waals surface area contributed by atoms with Crippen LogP contribution in [-0.2, 0) is 19.8 Å². The maximum absolute atomic E-state index is 13.6. The van der Waals surface area contributed by atoms with E-state index < -0.39 is 17.6 Å². The Balaban J connectivity index is 0.00000504. The maximum atomic E-state index is 13.6. The third-order valence-corrected chi connectivity index (χ3v) is 8.67. The molecular weight excluding hydrogens is 751 g/mol. The highest BCUT2D eigenvalue weighted by Crippen LogP contribution is 2.33. The molecule has 2 amide bonds. The van der Waals surface area contributed by atoms with Gasteiger partial charge in [0.15, 0.2) is 0 Å². The van der Waals surface area contributed by atoms with Crippen LogP contribution in [0.4, 0.5) is 18.9 Å². The summed E-state index contributed by atoms with van der Waals surface area (Å²) in [5.74, 6) is 0.891. The van der Waals surface area contributed by atoms with E-state index in [4.69, 9.17) is 21.1 Å². The largest absolute Gasteiger partial charge is 0.491 e. The number of carbonyl (C=O) groups is 2. The number of ether oxygens (including phenoxy) is 2. The molecule has 0 spiro atoms. The van der Waals surface area contributed by atoms with Crippen molar-refractivity contribution < 1.29 is 32.2 Å². The number of hydrogen-bond acceptors (Lipinski definition) is 6. The molecule has 0 radical (unpaired) electrons. The molecule has 1 fully saturated rings. The lowest BCUT2D eigenvalue weighted by atomic mass is 10.1. The first-order chi connectivity index (χ1) is 23.8. The lowest BCUT2D eigenvalue weighted by Gasteiger charge is -2.34. The second-order valence-electron chi connectivity index (χ2n) is 12.3. The Labute approximate surface area is 308 Å². The third-order valence-electron chi connectivity index (χ3n) is 8.35. The van der Waals surface area contributed by atoms with E-state index in [9.17, 15) is 22.8 Å². The number of anilines is 1. The van der Waals surface area contributed by atoms with Gasteiger partial charge >= 0.3 is 6.18 Å². The highest BCUT2D eigenvalue weighted by molar-refractivity contribution is 8.93. The molecule has 9 nitrogen and oxygen atoms in total. The van der Waals surface area contributed by atoms with Gasteiger partial charge in [-0.3, -0.25) is 14.5 Å². The summed E-state index contributed by atoms with van der Waals surface area (Å²) in [4.78, 5) is 34.7. The molecule has 1 aliphatic heterocycles. The summed E-state index contributed by atoms with van der Waals surface area (Å²) in [5.41, 5.74) is 1.84. The number of pyridine rings is 1. The molecule has 6 rings (SSSR count). The second-order valence-corrected chi connectivity index (χ2v) is 12.7. The summed E-state index contributed by atoms with van der Waals surface area (Å²) in [6.07, 6.45) is -3.08. The van der Waals surface area contributed by atoms with E-state index >= 15 is 0 Å². The number of hydrogen-bond donors (Lipinski definition) is 1. The van der Waals surface area contributed by atoms with Crippen LogP contribution in [0.1, 0.15) is 45.8 Å². The summed E-state index contributed by atoms with van der Waals surface area (Å²) in [5, 5.41) is 3.14. The molecule has 5 aromatic rings. The third kappa shape index (κ3) is 9.02. The lowest BCUT2D eigenvalue weighted by Crippen LogP contribution is -2.48. The van der Waals surface area contributed by atoms with Gasteiger partial charge in [-0.05, 0) is 74.0 Å². The molecule has 1 saturated heterocycles. The summed E-state index contributed by atoms with van der Waals surface area (Å²) in [6, 6.07) is 21.1. The molecule has 0 atom stereocenters. The highest BCUT2D eigenvalue weighted by atomic mass is 79.9. The van der Waals surface area contributed by atoms with Crippen LogP contribution in [0, 0.1) is 0 Å². The maximum Gasteiger partial charge on any atom is 0.416 e. The van der Waals surface area contributed by atoms with Gasteiger partial charge in [-0.1, -0.05) is 23.7 Å². The van der Waals surface area contributed by atoms with Crippen LogP contribution in [0.3, 0.4) is 0 Å². The first-order valence-electron chi connectivity index (χ1n) is 16.0. The van der Waals surface area contributed by atoms with Crippen LogP contribution in [-0.4, -0.2) is 63.4 Å². The second kappa shape index (κ2) is 15.7. The predicted molar refractivity (Wildman–Crippen MR) is 195 cm³/mol. The van der Waals surface area contributed by atoms with Gasteiger partial charge in [0.2, 0.25) is 5.88 Å². The number of benzene rings is 3. The standard InChI is InChI=1S/C37H35ClF3N5O4.BrH/c1-23(2)49-28-9-4-24(5-10-28)22-45-14-16-46(17-15-45)36(48)33-18-25-6-11-29(20-32(25)44(33)3)50-34-13-8-27(21-42-34)43-35(47)30-12-7-26(19-31(30)38)37(39,40)41;/h4-13,18-21,23H,14-17,22H2,1-3H3,(H,43,47);1H. The van der Waals surface area contributed by atoms with Gasteiger partial charge in [-0.25, -0.2) is 4.98 Å². The lowest BCUT2D eigenvalue weighted by molar-refractivity contribution is -0.137. The molecule has 1 aliphatic rings. The molecule has 2 aromatic heterocycles. The Bertz CT molecular complexity index is 2010. The molecule has 3 heterocycles. The van der Waals surface area contributed by atoms with Crippen molar-refractivity contribution in [2.24, 2.45) is 7.05 Å². The van der Waals surface area contributed by atoms with Crippen molar-refractivity contribution in [1.82, 2.24) is 19.4 Å². The van der Waals surface area contributed by atoms with E-state index in [1.807, 2.05) is 60.7 Å². The van der Waals surface area contributed by atoms with Crippen molar-refractivity contribution in [3.05, 3.63) is 112 Å². The van der Waals surface area contributed by atoms with Crippen LogP contribution >= 0.6 is 28.6 Å². The Morgan fingerprint density at radius 3 is 2.25 bits per heavy atom. The SMILES string of the molecule is Br.CC(C)Oc1ccc(CN2CCN(C(=O)c3cc4ccc(Oc5ccc(NC(=O)c6ccc(C(F)(F)F)cc6Cl)cn5)cc4n3C)CC2)cc1. The van der Waals surface area contributed by atoms with E-state index in [0.717, 1.165) is 48.4 Å². The number of nitrogens with one attached hydrogen (secondary N) is 1. The van der Waals surface area contributed by atoms with Crippen LogP contribution in [0.5, 0.6) is 17.4 Å². The Morgan fingerprint density at radius 2 is 1.63 bits per heavy atom. The number of aromatic nitrogens is 2. The smallest absolute Gasteiger partial charge is 0.416 e. The van der Waals surface area contributed by atoms with Gasteiger partial charge in [0.05, 0.1) is 39.7 Å². The average molecular weight is 787 g/mol. The first kappa shape index (κ1) is 37.7. The first-order valence-corrected chi connectivity index (χ1v) is 16.4. The Morgan fingerprint density at radius 1 is 0.922 bits per heavy atom. The zero-order valence-electron chi connectivity index (χ0n) is 28.0. The fourth-order valence-corrected chi connectivity index (χ4v) is 6.03. The Kier molecular flexibility index (Phi) is 11.6. The van der Waals surface area contributed by atoms with Gasteiger partial charge < -0.3 is 24.3 Å². The van der Waals surface area contributed by atoms with E-state index in [0.29, 0.717) is 36.3 Å². The topological polar surface area (TPSA) is 88.9 Å².